The monoisotopic (exact) mass is 451 g/mol. The lowest BCUT2D eigenvalue weighted by atomic mass is 9.84. The molecule has 2 N–H and O–H groups in total. The van der Waals surface area contributed by atoms with E-state index in [4.69, 9.17) is 9.84 Å². The minimum Gasteiger partial charge on any atom is -0.495 e. The summed E-state index contributed by atoms with van der Waals surface area (Å²) < 4.78 is 23.7. The van der Waals surface area contributed by atoms with E-state index in [-0.39, 0.29) is 11.4 Å². The van der Waals surface area contributed by atoms with Gasteiger partial charge >= 0.3 is 5.97 Å². The number of hydrogen-bond donors (Lipinski definition) is 2. The summed E-state index contributed by atoms with van der Waals surface area (Å²) >= 11 is 1.13. The number of carboxylic acids is 1. The number of nitrogens with one attached hydrogen (secondary N) is 1. The van der Waals surface area contributed by atoms with Crippen LogP contribution in [-0.2, 0) is 0 Å². The Hall–Kier alpha value is -2.99. The third-order valence-corrected chi connectivity index (χ3v) is 6.84. The Kier molecular flexibility index (Phi) is 7.00. The Morgan fingerprint density at radius 2 is 1.81 bits per heavy atom. The SMILES string of the molecule is COc1cc(C(=O)O)ccc1NSc1cccc(-c2ccc(C3CCCCC3)cc2)c1F. The van der Waals surface area contributed by atoms with Gasteiger partial charge in [-0.3, -0.25) is 0 Å². The smallest absolute Gasteiger partial charge is 0.335 e. The van der Waals surface area contributed by atoms with E-state index < -0.39 is 5.97 Å². The van der Waals surface area contributed by atoms with Gasteiger partial charge in [0.1, 0.15) is 11.6 Å². The van der Waals surface area contributed by atoms with Crippen LogP contribution in [0, 0.1) is 5.82 Å². The number of carbonyl (C=O) groups is 1. The first-order valence-electron chi connectivity index (χ1n) is 10.8. The lowest BCUT2D eigenvalue weighted by Crippen LogP contribution is -2.04. The van der Waals surface area contributed by atoms with E-state index in [0.717, 1.165) is 17.5 Å². The highest BCUT2D eigenvalue weighted by atomic mass is 32.2. The number of ether oxygens (including phenoxy) is 1. The fraction of sp³-hybridized carbons (Fsp3) is 0.269. The molecule has 0 bridgehead atoms. The summed E-state index contributed by atoms with van der Waals surface area (Å²) in [6.07, 6.45) is 6.38. The van der Waals surface area contributed by atoms with Crippen molar-refractivity contribution in [3.8, 4) is 16.9 Å². The molecule has 0 spiro atoms. The maximum Gasteiger partial charge on any atom is 0.335 e. The molecule has 0 atom stereocenters. The molecule has 1 saturated carbocycles. The number of carboxylic acid groups (broad SMARTS) is 1. The first-order valence-corrected chi connectivity index (χ1v) is 11.6. The Labute approximate surface area is 192 Å². The number of benzene rings is 3. The summed E-state index contributed by atoms with van der Waals surface area (Å²) in [7, 11) is 1.47. The van der Waals surface area contributed by atoms with Crippen LogP contribution in [0.2, 0.25) is 0 Å². The van der Waals surface area contributed by atoms with E-state index in [1.54, 1.807) is 18.2 Å². The van der Waals surface area contributed by atoms with Crippen LogP contribution in [0.3, 0.4) is 0 Å². The van der Waals surface area contributed by atoms with Crippen LogP contribution in [0.25, 0.3) is 11.1 Å². The summed E-state index contributed by atoms with van der Waals surface area (Å²) in [6.45, 7) is 0. The van der Waals surface area contributed by atoms with Gasteiger partial charge in [0.05, 0.1) is 23.3 Å². The second-order valence-electron chi connectivity index (χ2n) is 8.00. The topological polar surface area (TPSA) is 58.6 Å². The summed E-state index contributed by atoms with van der Waals surface area (Å²) in [6, 6.07) is 18.2. The number of rotatable bonds is 7. The van der Waals surface area contributed by atoms with Crippen molar-refractivity contribution in [1.82, 2.24) is 0 Å². The Morgan fingerprint density at radius 1 is 1.06 bits per heavy atom. The first-order chi connectivity index (χ1) is 15.6. The summed E-state index contributed by atoms with van der Waals surface area (Å²) in [4.78, 5) is 11.6. The molecule has 0 unspecified atom stereocenters. The zero-order valence-corrected chi connectivity index (χ0v) is 18.8. The van der Waals surface area contributed by atoms with E-state index >= 15 is 4.39 Å². The molecule has 1 fully saturated rings. The van der Waals surface area contributed by atoms with Crippen LogP contribution in [0.5, 0.6) is 5.75 Å². The molecule has 32 heavy (non-hydrogen) atoms. The lowest BCUT2D eigenvalue weighted by molar-refractivity contribution is 0.0696. The predicted octanol–water partition coefficient (Wildman–Crippen LogP) is 7.37. The maximum absolute atomic E-state index is 15.3. The van der Waals surface area contributed by atoms with Crippen LogP contribution in [0.15, 0.2) is 65.6 Å². The third-order valence-electron chi connectivity index (χ3n) is 5.98. The fourth-order valence-electron chi connectivity index (χ4n) is 4.20. The first kappa shape index (κ1) is 22.2. The van der Waals surface area contributed by atoms with Gasteiger partial charge in [-0.05, 0) is 66.1 Å². The van der Waals surface area contributed by atoms with Crippen molar-refractivity contribution < 1.29 is 19.0 Å². The van der Waals surface area contributed by atoms with Crippen molar-refractivity contribution >= 4 is 23.6 Å². The number of hydrogen-bond acceptors (Lipinski definition) is 4. The van der Waals surface area contributed by atoms with Crippen molar-refractivity contribution in [3.63, 3.8) is 0 Å². The van der Waals surface area contributed by atoms with E-state index in [0.29, 0.717) is 27.8 Å². The lowest BCUT2D eigenvalue weighted by Gasteiger charge is -2.22. The number of halogens is 1. The van der Waals surface area contributed by atoms with E-state index in [1.165, 1.54) is 56.9 Å². The Morgan fingerprint density at radius 3 is 2.50 bits per heavy atom. The van der Waals surface area contributed by atoms with Gasteiger partial charge in [0.2, 0.25) is 0 Å². The normalized spacial score (nSPS) is 14.2. The molecule has 166 valence electrons. The zero-order chi connectivity index (χ0) is 22.5. The van der Waals surface area contributed by atoms with Crippen molar-refractivity contribution in [1.29, 1.82) is 0 Å². The molecule has 3 aromatic carbocycles. The molecule has 0 amide bonds. The molecule has 6 heteroatoms. The Bertz CT molecular complexity index is 1090. The highest BCUT2D eigenvalue weighted by Crippen LogP contribution is 2.36. The second kappa shape index (κ2) is 10.1. The van der Waals surface area contributed by atoms with Crippen LogP contribution in [0.4, 0.5) is 10.1 Å². The van der Waals surface area contributed by atoms with E-state index in [1.807, 2.05) is 18.2 Å². The largest absolute Gasteiger partial charge is 0.495 e. The molecule has 4 nitrogen and oxygen atoms in total. The van der Waals surface area contributed by atoms with E-state index in [9.17, 15) is 4.79 Å². The van der Waals surface area contributed by atoms with Crippen LogP contribution < -0.4 is 9.46 Å². The van der Waals surface area contributed by atoms with Crippen molar-refractivity contribution in [2.75, 3.05) is 11.8 Å². The molecule has 0 aromatic heterocycles. The minimum atomic E-state index is -1.03. The quantitative estimate of drug-likeness (QED) is 0.367. The predicted molar refractivity (Wildman–Crippen MR) is 127 cm³/mol. The highest BCUT2D eigenvalue weighted by Gasteiger charge is 2.17. The molecule has 0 radical (unpaired) electrons. The van der Waals surface area contributed by atoms with Crippen molar-refractivity contribution in [2.24, 2.45) is 0 Å². The average Bonchev–Trinajstić information content (AvgIpc) is 2.84. The van der Waals surface area contributed by atoms with Gasteiger partial charge in [0.25, 0.3) is 0 Å². The molecule has 1 aliphatic carbocycles. The van der Waals surface area contributed by atoms with Crippen LogP contribution in [0.1, 0.15) is 53.9 Å². The number of methoxy groups -OCH3 is 1. The molecular formula is C26H26FNO3S. The molecule has 4 rings (SSSR count). The number of aromatic carboxylic acids is 1. The van der Waals surface area contributed by atoms with Gasteiger partial charge in [-0.15, -0.1) is 0 Å². The Balaban J connectivity index is 1.51. The van der Waals surface area contributed by atoms with Crippen molar-refractivity contribution in [2.45, 2.75) is 42.9 Å². The molecule has 3 aromatic rings. The highest BCUT2D eigenvalue weighted by molar-refractivity contribution is 8.00. The van der Waals surface area contributed by atoms with Crippen molar-refractivity contribution in [3.05, 3.63) is 77.6 Å². The van der Waals surface area contributed by atoms with Gasteiger partial charge < -0.3 is 14.6 Å². The standard InChI is InChI=1S/C26H26FNO3S/c1-31-23-16-20(26(29)30)14-15-22(23)28-32-24-9-5-8-21(25(24)27)19-12-10-18(11-13-19)17-6-3-2-4-7-17/h5,8-17,28H,2-4,6-7H2,1H3,(H,29,30). The van der Waals surface area contributed by atoms with Crippen LogP contribution in [-0.4, -0.2) is 18.2 Å². The number of anilines is 1. The summed E-state index contributed by atoms with van der Waals surface area (Å²) in [5, 5.41) is 9.14. The van der Waals surface area contributed by atoms with E-state index in [2.05, 4.69) is 16.9 Å². The van der Waals surface area contributed by atoms with Gasteiger partial charge in [-0.1, -0.05) is 55.7 Å². The average molecular weight is 452 g/mol. The second-order valence-corrected chi connectivity index (χ2v) is 8.85. The fourth-order valence-corrected chi connectivity index (χ4v) is 4.94. The molecule has 0 aliphatic heterocycles. The molecule has 1 aliphatic rings. The molecular weight excluding hydrogens is 425 g/mol. The maximum atomic E-state index is 15.3. The molecule has 0 saturated heterocycles. The zero-order valence-electron chi connectivity index (χ0n) is 17.9. The van der Waals surface area contributed by atoms with Gasteiger partial charge in [0.15, 0.2) is 0 Å². The van der Waals surface area contributed by atoms with Gasteiger partial charge in [-0.2, -0.15) is 0 Å². The van der Waals surface area contributed by atoms with Gasteiger partial charge in [0, 0.05) is 5.56 Å². The summed E-state index contributed by atoms with van der Waals surface area (Å²) in [5.41, 5.74) is 3.46. The summed E-state index contributed by atoms with van der Waals surface area (Å²) in [5.74, 6) is -0.323. The minimum absolute atomic E-state index is 0.127. The molecule has 0 heterocycles. The van der Waals surface area contributed by atoms with Gasteiger partial charge in [-0.25, -0.2) is 9.18 Å². The van der Waals surface area contributed by atoms with Crippen LogP contribution >= 0.6 is 11.9 Å². The third kappa shape index (κ3) is 4.91.